The van der Waals surface area contributed by atoms with Gasteiger partial charge in [0.05, 0.1) is 12.1 Å². The molecule has 1 aliphatic heterocycles. The number of hydrogen-bond acceptors (Lipinski definition) is 3. The van der Waals surface area contributed by atoms with Crippen molar-refractivity contribution in [3.8, 4) is 0 Å². The number of nitrogens with one attached hydrogen (secondary N) is 2. The van der Waals surface area contributed by atoms with E-state index in [1.807, 2.05) is 12.1 Å². The van der Waals surface area contributed by atoms with Crippen molar-refractivity contribution in [2.45, 2.75) is 25.1 Å². The Morgan fingerprint density at radius 2 is 2.18 bits per heavy atom. The monoisotopic (exact) mass is 254 g/mol. The lowest BCUT2D eigenvalue weighted by Gasteiger charge is -2.10. The van der Waals surface area contributed by atoms with Crippen LogP contribution in [0, 0.1) is 0 Å². The SMILES string of the molecule is O=C(NCc1ccc(Cl)cc1)[C@@H]1C[C@H](O)CN1. The van der Waals surface area contributed by atoms with Crippen molar-refractivity contribution in [3.05, 3.63) is 34.9 Å². The highest BCUT2D eigenvalue weighted by Crippen LogP contribution is 2.10. The van der Waals surface area contributed by atoms with Crippen molar-refractivity contribution in [1.29, 1.82) is 0 Å². The molecule has 0 radical (unpaired) electrons. The molecule has 92 valence electrons. The third-order valence-corrected chi connectivity index (χ3v) is 3.06. The van der Waals surface area contributed by atoms with Crippen LogP contribution in [0.15, 0.2) is 24.3 Å². The smallest absolute Gasteiger partial charge is 0.237 e. The van der Waals surface area contributed by atoms with E-state index >= 15 is 0 Å². The summed E-state index contributed by atoms with van der Waals surface area (Å²) in [6, 6.07) is 7.05. The largest absolute Gasteiger partial charge is 0.392 e. The highest BCUT2D eigenvalue weighted by Gasteiger charge is 2.27. The molecule has 1 saturated heterocycles. The van der Waals surface area contributed by atoms with Gasteiger partial charge in [-0.1, -0.05) is 23.7 Å². The summed E-state index contributed by atoms with van der Waals surface area (Å²) in [5.41, 5.74) is 1.00. The summed E-state index contributed by atoms with van der Waals surface area (Å²) in [6.07, 6.45) is 0.0631. The minimum atomic E-state index is -0.415. The quantitative estimate of drug-likeness (QED) is 0.743. The molecule has 1 heterocycles. The molecule has 0 saturated carbocycles. The summed E-state index contributed by atoms with van der Waals surface area (Å²) in [7, 11) is 0. The van der Waals surface area contributed by atoms with Crippen LogP contribution >= 0.6 is 11.6 Å². The van der Waals surface area contributed by atoms with E-state index in [1.54, 1.807) is 12.1 Å². The van der Waals surface area contributed by atoms with Crippen LogP contribution < -0.4 is 10.6 Å². The minimum Gasteiger partial charge on any atom is -0.392 e. The van der Waals surface area contributed by atoms with Gasteiger partial charge in [0.25, 0.3) is 0 Å². The van der Waals surface area contributed by atoms with Crippen LogP contribution in [0.2, 0.25) is 5.02 Å². The summed E-state index contributed by atoms with van der Waals surface area (Å²) < 4.78 is 0. The Morgan fingerprint density at radius 1 is 1.47 bits per heavy atom. The van der Waals surface area contributed by atoms with Crippen molar-refractivity contribution < 1.29 is 9.90 Å². The molecule has 0 aromatic heterocycles. The number of aliphatic hydroxyl groups is 1. The van der Waals surface area contributed by atoms with Gasteiger partial charge in [-0.05, 0) is 24.1 Å². The predicted octanol–water partition coefficient (Wildman–Crippen LogP) is 0.679. The molecular formula is C12H15ClN2O2. The van der Waals surface area contributed by atoms with Crippen LogP contribution in [-0.4, -0.2) is 29.7 Å². The summed E-state index contributed by atoms with van der Waals surface area (Å²) in [5, 5.41) is 15.8. The maximum Gasteiger partial charge on any atom is 0.237 e. The lowest BCUT2D eigenvalue weighted by molar-refractivity contribution is -0.123. The van der Waals surface area contributed by atoms with Gasteiger partial charge in [-0.25, -0.2) is 0 Å². The average Bonchev–Trinajstić information content (AvgIpc) is 2.75. The summed E-state index contributed by atoms with van der Waals surface area (Å²) in [4.78, 5) is 11.7. The van der Waals surface area contributed by atoms with Crippen molar-refractivity contribution in [3.63, 3.8) is 0 Å². The Morgan fingerprint density at radius 3 is 2.76 bits per heavy atom. The molecule has 0 unspecified atom stereocenters. The minimum absolute atomic E-state index is 0.0727. The second-order valence-electron chi connectivity index (χ2n) is 4.19. The number of aliphatic hydroxyl groups excluding tert-OH is 1. The van der Waals surface area contributed by atoms with Gasteiger partial charge in [0, 0.05) is 18.1 Å². The number of halogens is 1. The second kappa shape index (κ2) is 5.49. The molecule has 0 aliphatic carbocycles. The van der Waals surface area contributed by atoms with E-state index in [1.165, 1.54) is 0 Å². The van der Waals surface area contributed by atoms with Gasteiger partial charge in [-0.15, -0.1) is 0 Å². The van der Waals surface area contributed by atoms with E-state index in [-0.39, 0.29) is 11.9 Å². The molecule has 1 fully saturated rings. The van der Waals surface area contributed by atoms with Gasteiger partial charge >= 0.3 is 0 Å². The first-order valence-electron chi connectivity index (χ1n) is 5.59. The van der Waals surface area contributed by atoms with Crippen LogP contribution in [-0.2, 0) is 11.3 Å². The van der Waals surface area contributed by atoms with E-state index in [2.05, 4.69) is 10.6 Å². The van der Waals surface area contributed by atoms with E-state index < -0.39 is 6.10 Å². The van der Waals surface area contributed by atoms with Gasteiger partial charge in [-0.3, -0.25) is 4.79 Å². The average molecular weight is 255 g/mol. The van der Waals surface area contributed by atoms with Crippen LogP contribution in [0.5, 0.6) is 0 Å². The third-order valence-electron chi connectivity index (χ3n) is 2.80. The number of β-amino-alcohol motifs (C(OH)–C–C–N with tert-alkyl or cyclic N) is 1. The number of hydrogen-bond donors (Lipinski definition) is 3. The van der Waals surface area contributed by atoms with Gasteiger partial charge in [0.1, 0.15) is 0 Å². The third kappa shape index (κ3) is 3.43. The van der Waals surface area contributed by atoms with Crippen molar-refractivity contribution in [2.24, 2.45) is 0 Å². The Labute approximate surface area is 105 Å². The van der Waals surface area contributed by atoms with Crippen molar-refractivity contribution in [1.82, 2.24) is 10.6 Å². The number of benzene rings is 1. The molecule has 0 bridgehead atoms. The molecule has 1 amide bonds. The highest BCUT2D eigenvalue weighted by atomic mass is 35.5. The molecule has 2 atom stereocenters. The van der Waals surface area contributed by atoms with Crippen LogP contribution in [0.3, 0.4) is 0 Å². The summed E-state index contributed by atoms with van der Waals surface area (Å²) >= 11 is 5.77. The Kier molecular flexibility index (Phi) is 3.99. The molecule has 17 heavy (non-hydrogen) atoms. The highest BCUT2D eigenvalue weighted by molar-refractivity contribution is 6.30. The standard InChI is InChI=1S/C12H15ClN2O2/c13-9-3-1-8(2-4-9)6-15-12(17)11-5-10(16)7-14-11/h1-4,10-11,14,16H,5-7H2,(H,15,17)/t10-,11-/m0/s1. The Bertz CT molecular complexity index is 394. The zero-order valence-corrected chi connectivity index (χ0v) is 10.1. The van der Waals surface area contributed by atoms with Gasteiger partial charge in [0.2, 0.25) is 5.91 Å². The van der Waals surface area contributed by atoms with Crippen LogP contribution in [0.4, 0.5) is 0 Å². The number of amides is 1. The first kappa shape index (κ1) is 12.4. The molecule has 2 rings (SSSR count). The normalized spacial score (nSPS) is 23.6. The fourth-order valence-electron chi connectivity index (χ4n) is 1.83. The summed E-state index contributed by atoms with van der Waals surface area (Å²) in [5.74, 6) is -0.0727. The maximum absolute atomic E-state index is 11.7. The van der Waals surface area contributed by atoms with Crippen LogP contribution in [0.1, 0.15) is 12.0 Å². The molecule has 1 aromatic rings. The van der Waals surface area contributed by atoms with Gasteiger partial charge in [0.15, 0.2) is 0 Å². The summed E-state index contributed by atoms with van der Waals surface area (Å²) in [6.45, 7) is 0.962. The number of carbonyl (C=O) groups excluding carboxylic acids is 1. The molecular weight excluding hydrogens is 240 g/mol. The topological polar surface area (TPSA) is 61.4 Å². The molecule has 4 nitrogen and oxygen atoms in total. The van der Waals surface area contributed by atoms with Crippen molar-refractivity contribution in [2.75, 3.05) is 6.54 Å². The first-order chi connectivity index (χ1) is 8.15. The van der Waals surface area contributed by atoms with Crippen molar-refractivity contribution >= 4 is 17.5 Å². The predicted molar refractivity (Wildman–Crippen MR) is 65.7 cm³/mol. The number of carbonyl (C=O) groups is 1. The molecule has 0 spiro atoms. The molecule has 1 aromatic carbocycles. The number of rotatable bonds is 3. The lowest BCUT2D eigenvalue weighted by Crippen LogP contribution is -2.39. The lowest BCUT2D eigenvalue weighted by atomic mass is 10.2. The molecule has 1 aliphatic rings. The fourth-order valence-corrected chi connectivity index (χ4v) is 1.96. The van der Waals surface area contributed by atoms with E-state index in [9.17, 15) is 9.90 Å². The van der Waals surface area contributed by atoms with Gasteiger partial charge in [-0.2, -0.15) is 0 Å². The van der Waals surface area contributed by atoms with E-state index in [0.29, 0.717) is 24.5 Å². The fraction of sp³-hybridized carbons (Fsp3) is 0.417. The Balaban J connectivity index is 1.82. The second-order valence-corrected chi connectivity index (χ2v) is 4.63. The van der Waals surface area contributed by atoms with E-state index in [4.69, 9.17) is 11.6 Å². The zero-order chi connectivity index (χ0) is 12.3. The zero-order valence-electron chi connectivity index (χ0n) is 9.32. The first-order valence-corrected chi connectivity index (χ1v) is 5.96. The molecule has 3 N–H and O–H groups in total. The van der Waals surface area contributed by atoms with Gasteiger partial charge < -0.3 is 15.7 Å². The van der Waals surface area contributed by atoms with Crippen LogP contribution in [0.25, 0.3) is 0 Å². The molecule has 5 heteroatoms. The Hall–Kier alpha value is -1.10. The van der Waals surface area contributed by atoms with E-state index in [0.717, 1.165) is 5.56 Å². The maximum atomic E-state index is 11.7.